The van der Waals surface area contributed by atoms with E-state index in [9.17, 15) is 4.79 Å². The largest absolute Gasteiger partial charge is 0.356 e. The highest BCUT2D eigenvalue weighted by Gasteiger charge is 2.29. The number of nitrogens with zero attached hydrogens (tertiary/aromatic N) is 2. The van der Waals surface area contributed by atoms with E-state index in [2.05, 4.69) is 5.32 Å². The van der Waals surface area contributed by atoms with Crippen molar-refractivity contribution in [3.05, 3.63) is 76.9 Å². The van der Waals surface area contributed by atoms with E-state index in [4.69, 9.17) is 21.3 Å². The molecule has 1 aromatic heterocycles. The van der Waals surface area contributed by atoms with Gasteiger partial charge in [0.1, 0.15) is 6.23 Å². The third-order valence-electron chi connectivity index (χ3n) is 5.51. The van der Waals surface area contributed by atoms with Crippen molar-refractivity contribution in [1.82, 2.24) is 15.2 Å². The number of hydrogen-bond donors (Lipinski definition) is 1. The summed E-state index contributed by atoms with van der Waals surface area (Å²) in [4.78, 5) is 20.3. The zero-order valence-electron chi connectivity index (χ0n) is 17.8. The van der Waals surface area contributed by atoms with Gasteiger partial charge in [0.15, 0.2) is 0 Å². The van der Waals surface area contributed by atoms with Crippen LogP contribution >= 0.6 is 11.6 Å². The van der Waals surface area contributed by atoms with Crippen molar-refractivity contribution < 1.29 is 9.53 Å². The van der Waals surface area contributed by atoms with Gasteiger partial charge in [0, 0.05) is 35.8 Å². The molecule has 1 aliphatic heterocycles. The predicted molar refractivity (Wildman–Crippen MR) is 124 cm³/mol. The Balaban J connectivity index is 1.86. The molecule has 160 valence electrons. The molecule has 0 spiro atoms. The number of benzene rings is 2. The Morgan fingerprint density at radius 1 is 1.16 bits per heavy atom. The highest BCUT2D eigenvalue weighted by atomic mass is 35.5. The minimum Gasteiger partial charge on any atom is -0.356 e. The molecule has 0 bridgehead atoms. The van der Waals surface area contributed by atoms with E-state index >= 15 is 0 Å². The van der Waals surface area contributed by atoms with Gasteiger partial charge in [-0.05, 0) is 31.5 Å². The number of aromatic nitrogens is 1. The zero-order valence-corrected chi connectivity index (χ0v) is 18.5. The first-order valence-corrected chi connectivity index (χ1v) is 10.9. The Morgan fingerprint density at radius 2 is 1.90 bits per heavy atom. The van der Waals surface area contributed by atoms with Crippen molar-refractivity contribution in [1.29, 1.82) is 0 Å². The second-order valence-electron chi connectivity index (χ2n) is 7.48. The monoisotopic (exact) mass is 435 g/mol. The average Bonchev–Trinajstić information content (AvgIpc) is 2.80. The van der Waals surface area contributed by atoms with Crippen molar-refractivity contribution in [2.45, 2.75) is 20.1 Å². The lowest BCUT2D eigenvalue weighted by molar-refractivity contribution is -0.0588. The van der Waals surface area contributed by atoms with Crippen LogP contribution in [0.4, 0.5) is 0 Å². The van der Waals surface area contributed by atoms with Gasteiger partial charge in [-0.2, -0.15) is 0 Å². The molecule has 2 heterocycles. The minimum absolute atomic E-state index is 0.101. The van der Waals surface area contributed by atoms with Crippen LogP contribution in [-0.4, -0.2) is 48.3 Å². The van der Waals surface area contributed by atoms with Crippen molar-refractivity contribution in [2.24, 2.45) is 0 Å². The summed E-state index contributed by atoms with van der Waals surface area (Å²) in [6.45, 7) is 6.36. The van der Waals surface area contributed by atoms with Gasteiger partial charge in [0.05, 0.1) is 23.6 Å². The molecule has 5 nitrogen and oxygen atoms in total. The van der Waals surface area contributed by atoms with Crippen LogP contribution in [0.15, 0.2) is 60.7 Å². The SMILES string of the molecule is CCN(C(=O)c1c(-c2ccccc2Cl)cc(-c2ccccc2)nc1C)C1CNCCO1. The maximum Gasteiger partial charge on any atom is 0.258 e. The first-order chi connectivity index (χ1) is 15.1. The Morgan fingerprint density at radius 3 is 2.58 bits per heavy atom. The van der Waals surface area contributed by atoms with Crippen molar-refractivity contribution in [3.8, 4) is 22.4 Å². The van der Waals surface area contributed by atoms with Gasteiger partial charge in [-0.3, -0.25) is 9.78 Å². The highest BCUT2D eigenvalue weighted by Crippen LogP contribution is 2.35. The summed E-state index contributed by atoms with van der Waals surface area (Å²) in [5.41, 5.74) is 4.62. The Kier molecular flexibility index (Phi) is 6.66. The predicted octanol–water partition coefficient (Wildman–Crippen LogP) is 4.79. The quantitative estimate of drug-likeness (QED) is 0.626. The lowest BCUT2D eigenvalue weighted by Crippen LogP contribution is -2.51. The second-order valence-corrected chi connectivity index (χ2v) is 7.89. The summed E-state index contributed by atoms with van der Waals surface area (Å²) in [5.74, 6) is -0.101. The summed E-state index contributed by atoms with van der Waals surface area (Å²) in [7, 11) is 0. The number of carbonyl (C=O) groups excluding carboxylic acids is 1. The number of amides is 1. The lowest BCUT2D eigenvalue weighted by atomic mass is 9.95. The van der Waals surface area contributed by atoms with Gasteiger partial charge < -0.3 is 15.0 Å². The number of halogens is 1. The molecular formula is C25H26ClN3O2. The fourth-order valence-corrected chi connectivity index (χ4v) is 4.20. The molecule has 6 heteroatoms. The summed E-state index contributed by atoms with van der Waals surface area (Å²) in [6.07, 6.45) is -0.307. The molecule has 4 rings (SSSR count). The van der Waals surface area contributed by atoms with Crippen LogP contribution in [0.5, 0.6) is 0 Å². The molecule has 31 heavy (non-hydrogen) atoms. The molecule has 1 aliphatic rings. The van der Waals surface area contributed by atoms with E-state index in [1.165, 1.54) is 0 Å². The molecule has 0 aliphatic carbocycles. The first kappa shape index (κ1) is 21.5. The van der Waals surface area contributed by atoms with E-state index in [0.29, 0.717) is 36.0 Å². The summed E-state index contributed by atoms with van der Waals surface area (Å²) < 4.78 is 5.87. The van der Waals surface area contributed by atoms with Crippen LogP contribution in [0.1, 0.15) is 23.0 Å². The number of likely N-dealkylation sites (N-methyl/N-ethyl adjacent to an activating group) is 1. The van der Waals surface area contributed by atoms with Crippen LogP contribution in [0.3, 0.4) is 0 Å². The van der Waals surface area contributed by atoms with Crippen LogP contribution in [0.2, 0.25) is 5.02 Å². The Hall–Kier alpha value is -2.73. The van der Waals surface area contributed by atoms with Gasteiger partial charge in [0.25, 0.3) is 5.91 Å². The summed E-state index contributed by atoms with van der Waals surface area (Å²) >= 11 is 6.57. The summed E-state index contributed by atoms with van der Waals surface area (Å²) in [5, 5.41) is 3.90. The van der Waals surface area contributed by atoms with Crippen LogP contribution in [0.25, 0.3) is 22.4 Å². The topological polar surface area (TPSA) is 54.5 Å². The maximum atomic E-state index is 13.8. The van der Waals surface area contributed by atoms with E-state index in [0.717, 1.165) is 28.9 Å². The number of morpholine rings is 1. The number of aryl methyl sites for hydroxylation is 1. The maximum absolute atomic E-state index is 13.8. The fourth-order valence-electron chi connectivity index (χ4n) is 3.96. The van der Waals surface area contributed by atoms with Gasteiger partial charge >= 0.3 is 0 Å². The smallest absolute Gasteiger partial charge is 0.258 e. The van der Waals surface area contributed by atoms with Gasteiger partial charge in [-0.1, -0.05) is 60.1 Å². The van der Waals surface area contributed by atoms with E-state index in [1.807, 2.05) is 74.5 Å². The molecule has 1 amide bonds. The molecule has 1 unspecified atom stereocenters. The van der Waals surface area contributed by atoms with Crippen LogP contribution in [-0.2, 0) is 4.74 Å². The normalized spacial score (nSPS) is 16.2. The molecule has 1 saturated heterocycles. The zero-order chi connectivity index (χ0) is 21.8. The molecule has 1 fully saturated rings. The average molecular weight is 436 g/mol. The number of pyridine rings is 1. The molecule has 1 atom stereocenters. The molecular weight excluding hydrogens is 410 g/mol. The molecule has 0 saturated carbocycles. The second kappa shape index (κ2) is 9.60. The van der Waals surface area contributed by atoms with Crippen LogP contribution in [0, 0.1) is 6.92 Å². The fraction of sp³-hybridized carbons (Fsp3) is 0.280. The van der Waals surface area contributed by atoms with Crippen molar-refractivity contribution in [3.63, 3.8) is 0 Å². The lowest BCUT2D eigenvalue weighted by Gasteiger charge is -2.34. The first-order valence-electron chi connectivity index (χ1n) is 10.6. The number of hydrogen-bond acceptors (Lipinski definition) is 4. The number of carbonyl (C=O) groups is 1. The highest BCUT2D eigenvalue weighted by molar-refractivity contribution is 6.33. The standard InChI is InChI=1S/C25H26ClN3O2/c1-3-29(23-16-27-13-14-31-23)25(30)24-17(2)28-22(18-9-5-4-6-10-18)15-20(24)19-11-7-8-12-21(19)26/h4-12,15,23,27H,3,13-14,16H2,1-2H3. The van der Waals surface area contributed by atoms with Gasteiger partial charge in [-0.25, -0.2) is 0 Å². The Bertz CT molecular complexity index is 1070. The van der Waals surface area contributed by atoms with Crippen molar-refractivity contribution >= 4 is 17.5 Å². The molecule has 2 aromatic carbocycles. The van der Waals surface area contributed by atoms with Crippen molar-refractivity contribution in [2.75, 3.05) is 26.2 Å². The van der Waals surface area contributed by atoms with Gasteiger partial charge in [-0.15, -0.1) is 0 Å². The van der Waals surface area contributed by atoms with E-state index in [1.54, 1.807) is 4.90 Å². The van der Waals surface area contributed by atoms with Crippen LogP contribution < -0.4 is 5.32 Å². The molecule has 0 radical (unpaired) electrons. The number of nitrogens with one attached hydrogen (secondary N) is 1. The Labute approximate surface area is 188 Å². The number of ether oxygens (including phenoxy) is 1. The van der Waals surface area contributed by atoms with E-state index < -0.39 is 0 Å². The molecule has 3 aromatic rings. The minimum atomic E-state index is -0.307. The van der Waals surface area contributed by atoms with Gasteiger partial charge in [0.2, 0.25) is 0 Å². The third kappa shape index (κ3) is 4.49. The molecule has 1 N–H and O–H groups in total. The number of rotatable bonds is 5. The van der Waals surface area contributed by atoms with E-state index in [-0.39, 0.29) is 12.1 Å². The third-order valence-corrected chi connectivity index (χ3v) is 5.83. The summed E-state index contributed by atoms with van der Waals surface area (Å²) in [6, 6.07) is 19.5.